The maximum atomic E-state index is 13.3. The summed E-state index contributed by atoms with van der Waals surface area (Å²) in [5, 5.41) is 1.37. The summed E-state index contributed by atoms with van der Waals surface area (Å²) in [6, 6.07) is 13.1. The minimum Gasteiger partial charge on any atom is -0.302 e. The van der Waals surface area contributed by atoms with Crippen molar-refractivity contribution in [1.82, 2.24) is 9.88 Å². The fraction of sp³-hybridized carbons (Fsp3) is 0.300. The summed E-state index contributed by atoms with van der Waals surface area (Å²) >= 11 is 11.1. The van der Waals surface area contributed by atoms with E-state index in [0.717, 1.165) is 34.3 Å². The van der Waals surface area contributed by atoms with Crippen LogP contribution in [0.4, 0.5) is 5.13 Å². The van der Waals surface area contributed by atoms with Crippen LogP contribution in [-0.2, 0) is 0 Å². The van der Waals surface area contributed by atoms with E-state index in [2.05, 4.69) is 39.7 Å². The van der Waals surface area contributed by atoms with Crippen LogP contribution in [0.15, 0.2) is 46.9 Å². The van der Waals surface area contributed by atoms with E-state index < -0.39 is 0 Å². The SMILES string of the molecule is CCN(CC)CCN(C(=O)c1cccc(Br)c1)c1nc2ccc(Cl)cc2s1. The predicted molar refractivity (Wildman–Crippen MR) is 118 cm³/mol. The fourth-order valence-electron chi connectivity index (χ4n) is 2.84. The van der Waals surface area contributed by atoms with Crippen LogP contribution < -0.4 is 4.90 Å². The lowest BCUT2D eigenvalue weighted by Crippen LogP contribution is -2.38. The number of hydrogen-bond donors (Lipinski definition) is 0. The van der Waals surface area contributed by atoms with Gasteiger partial charge in [-0.15, -0.1) is 0 Å². The van der Waals surface area contributed by atoms with Crippen molar-refractivity contribution < 1.29 is 4.79 Å². The van der Waals surface area contributed by atoms with Crippen molar-refractivity contribution >= 4 is 60.1 Å². The summed E-state index contributed by atoms with van der Waals surface area (Å²) in [6.45, 7) is 7.53. The van der Waals surface area contributed by atoms with Gasteiger partial charge in [0.05, 0.1) is 10.2 Å². The standard InChI is InChI=1S/C20H21BrClN3OS/c1-3-24(4-2)10-11-25(19(26)14-6-5-7-15(21)12-14)20-23-17-9-8-16(22)13-18(17)27-20/h5-9,12-13H,3-4,10-11H2,1-2H3. The molecule has 1 aromatic heterocycles. The minimum absolute atomic E-state index is 0.0476. The molecule has 0 aliphatic heterocycles. The molecule has 1 heterocycles. The maximum Gasteiger partial charge on any atom is 0.260 e. The largest absolute Gasteiger partial charge is 0.302 e. The number of halogens is 2. The highest BCUT2D eigenvalue weighted by Crippen LogP contribution is 2.31. The Kier molecular flexibility index (Phi) is 6.87. The van der Waals surface area contributed by atoms with Crippen molar-refractivity contribution in [2.24, 2.45) is 0 Å². The smallest absolute Gasteiger partial charge is 0.260 e. The van der Waals surface area contributed by atoms with Crippen LogP contribution in [0.1, 0.15) is 24.2 Å². The molecule has 0 fully saturated rings. The van der Waals surface area contributed by atoms with Gasteiger partial charge in [-0.05, 0) is 49.5 Å². The van der Waals surface area contributed by atoms with Crippen molar-refractivity contribution in [2.45, 2.75) is 13.8 Å². The monoisotopic (exact) mass is 465 g/mol. The van der Waals surface area contributed by atoms with Crippen molar-refractivity contribution in [3.63, 3.8) is 0 Å². The molecular formula is C20H21BrClN3OS. The molecule has 27 heavy (non-hydrogen) atoms. The highest BCUT2D eigenvalue weighted by molar-refractivity contribution is 9.10. The molecule has 0 N–H and O–H groups in total. The minimum atomic E-state index is -0.0476. The molecule has 0 saturated heterocycles. The van der Waals surface area contributed by atoms with Gasteiger partial charge < -0.3 is 4.90 Å². The number of carbonyl (C=O) groups is 1. The zero-order chi connectivity index (χ0) is 19.4. The van der Waals surface area contributed by atoms with Gasteiger partial charge in [0.1, 0.15) is 0 Å². The van der Waals surface area contributed by atoms with E-state index in [1.165, 1.54) is 11.3 Å². The lowest BCUT2D eigenvalue weighted by Gasteiger charge is -2.24. The average molecular weight is 467 g/mol. The van der Waals surface area contributed by atoms with Crippen LogP contribution in [-0.4, -0.2) is 42.0 Å². The van der Waals surface area contributed by atoms with Crippen molar-refractivity contribution in [1.29, 1.82) is 0 Å². The lowest BCUT2D eigenvalue weighted by molar-refractivity contribution is 0.0983. The van der Waals surface area contributed by atoms with Gasteiger partial charge in [-0.2, -0.15) is 0 Å². The van der Waals surface area contributed by atoms with E-state index >= 15 is 0 Å². The van der Waals surface area contributed by atoms with Crippen molar-refractivity contribution in [3.05, 3.63) is 57.5 Å². The molecule has 142 valence electrons. The molecule has 3 aromatic rings. The summed E-state index contributed by atoms with van der Waals surface area (Å²) in [7, 11) is 0. The summed E-state index contributed by atoms with van der Waals surface area (Å²) in [5.74, 6) is -0.0476. The average Bonchev–Trinajstić information content (AvgIpc) is 3.07. The summed E-state index contributed by atoms with van der Waals surface area (Å²) in [6.07, 6.45) is 0. The van der Waals surface area contributed by atoms with Gasteiger partial charge in [0.15, 0.2) is 5.13 Å². The van der Waals surface area contributed by atoms with E-state index in [-0.39, 0.29) is 5.91 Å². The summed E-state index contributed by atoms with van der Waals surface area (Å²) < 4.78 is 1.86. The number of anilines is 1. The maximum absolute atomic E-state index is 13.3. The number of likely N-dealkylation sites (N-methyl/N-ethyl adjacent to an activating group) is 1. The number of thiazole rings is 1. The first-order valence-corrected chi connectivity index (χ1v) is 10.9. The summed E-state index contributed by atoms with van der Waals surface area (Å²) in [5.41, 5.74) is 1.50. The van der Waals surface area contributed by atoms with Gasteiger partial charge in [0.25, 0.3) is 5.91 Å². The Bertz CT molecular complexity index is 942. The number of aromatic nitrogens is 1. The number of benzene rings is 2. The molecule has 0 bridgehead atoms. The first-order chi connectivity index (χ1) is 13.0. The number of hydrogen-bond acceptors (Lipinski definition) is 4. The number of fused-ring (bicyclic) bond motifs is 1. The van der Waals surface area contributed by atoms with Crippen LogP contribution in [0.5, 0.6) is 0 Å². The Balaban J connectivity index is 1.96. The molecule has 0 saturated carbocycles. The first-order valence-electron chi connectivity index (χ1n) is 8.87. The second-order valence-corrected chi connectivity index (χ2v) is 8.46. The Morgan fingerprint density at radius 3 is 2.63 bits per heavy atom. The van der Waals surface area contributed by atoms with Crippen LogP contribution in [0.25, 0.3) is 10.2 Å². The third-order valence-electron chi connectivity index (χ3n) is 4.42. The molecule has 0 aliphatic carbocycles. The van der Waals surface area contributed by atoms with Gasteiger partial charge in [0, 0.05) is 28.1 Å². The van der Waals surface area contributed by atoms with Gasteiger partial charge in [-0.25, -0.2) is 4.98 Å². The molecule has 4 nitrogen and oxygen atoms in total. The molecule has 2 aromatic carbocycles. The van der Waals surface area contributed by atoms with Crippen LogP contribution in [0.3, 0.4) is 0 Å². The third-order valence-corrected chi connectivity index (χ3v) is 6.19. The van der Waals surface area contributed by atoms with Gasteiger partial charge in [-0.1, -0.05) is 58.8 Å². The van der Waals surface area contributed by atoms with E-state index in [1.807, 2.05) is 42.5 Å². The fourth-order valence-corrected chi connectivity index (χ4v) is 4.51. The molecule has 3 rings (SSSR count). The Morgan fingerprint density at radius 2 is 1.93 bits per heavy atom. The van der Waals surface area contributed by atoms with E-state index in [9.17, 15) is 4.79 Å². The molecule has 1 amide bonds. The highest BCUT2D eigenvalue weighted by atomic mass is 79.9. The molecule has 0 aliphatic rings. The zero-order valence-corrected chi connectivity index (χ0v) is 18.4. The molecule has 0 unspecified atom stereocenters. The van der Waals surface area contributed by atoms with Crippen molar-refractivity contribution in [3.8, 4) is 0 Å². The molecule has 0 spiro atoms. The predicted octanol–water partition coefficient (Wildman–Crippen LogP) is 5.70. The molecular weight excluding hydrogens is 446 g/mol. The number of carbonyl (C=O) groups excluding carboxylic acids is 1. The second-order valence-electron chi connectivity index (χ2n) is 6.10. The Morgan fingerprint density at radius 1 is 1.15 bits per heavy atom. The third kappa shape index (κ3) is 4.88. The van der Waals surface area contributed by atoms with Crippen molar-refractivity contribution in [2.75, 3.05) is 31.1 Å². The van der Waals surface area contributed by atoms with Gasteiger partial charge in [-0.3, -0.25) is 9.69 Å². The van der Waals surface area contributed by atoms with E-state index in [1.54, 1.807) is 4.90 Å². The van der Waals surface area contributed by atoms with Gasteiger partial charge in [0.2, 0.25) is 0 Å². The number of rotatable bonds is 7. The summed E-state index contributed by atoms with van der Waals surface area (Å²) in [4.78, 5) is 22.0. The topological polar surface area (TPSA) is 36.4 Å². The quantitative estimate of drug-likeness (QED) is 0.448. The van der Waals surface area contributed by atoms with Crippen LogP contribution in [0.2, 0.25) is 5.02 Å². The lowest BCUT2D eigenvalue weighted by atomic mass is 10.2. The Hall–Kier alpha value is -1.47. The van der Waals surface area contributed by atoms with Crippen LogP contribution >= 0.6 is 38.9 Å². The molecule has 0 atom stereocenters. The number of nitrogens with zero attached hydrogens (tertiary/aromatic N) is 3. The number of amides is 1. The second kappa shape index (κ2) is 9.15. The first kappa shape index (κ1) is 20.3. The van der Waals surface area contributed by atoms with Gasteiger partial charge >= 0.3 is 0 Å². The van der Waals surface area contributed by atoms with E-state index in [4.69, 9.17) is 11.6 Å². The normalized spacial score (nSPS) is 11.3. The molecule has 7 heteroatoms. The Labute approximate surface area is 176 Å². The molecule has 0 radical (unpaired) electrons. The highest BCUT2D eigenvalue weighted by Gasteiger charge is 2.22. The van der Waals surface area contributed by atoms with Crippen LogP contribution in [0, 0.1) is 0 Å². The van der Waals surface area contributed by atoms with E-state index in [0.29, 0.717) is 22.3 Å². The zero-order valence-electron chi connectivity index (χ0n) is 15.3.